The van der Waals surface area contributed by atoms with E-state index >= 15 is 0 Å². The van der Waals surface area contributed by atoms with Gasteiger partial charge in [0.1, 0.15) is 0 Å². The summed E-state index contributed by atoms with van der Waals surface area (Å²) >= 11 is 0. The molecule has 0 aromatic heterocycles. The quantitative estimate of drug-likeness (QED) is 0.641. The van der Waals surface area contributed by atoms with Crippen LogP contribution in [0.25, 0.3) is 0 Å². The molecule has 2 rings (SSSR count). The van der Waals surface area contributed by atoms with Gasteiger partial charge in [-0.15, -0.1) is 0 Å². The van der Waals surface area contributed by atoms with Crippen LogP contribution in [0, 0.1) is 5.92 Å². The van der Waals surface area contributed by atoms with Crippen molar-refractivity contribution in [1.29, 1.82) is 0 Å². The van der Waals surface area contributed by atoms with Crippen molar-refractivity contribution in [3.05, 3.63) is 11.3 Å². The molecule has 0 saturated heterocycles. The van der Waals surface area contributed by atoms with Crippen molar-refractivity contribution < 1.29 is 9.90 Å². The lowest BCUT2D eigenvalue weighted by Gasteiger charge is -2.18. The fourth-order valence-corrected chi connectivity index (χ4v) is 1.84. The first-order valence-corrected chi connectivity index (χ1v) is 4.23. The van der Waals surface area contributed by atoms with Gasteiger partial charge in [-0.3, -0.25) is 9.79 Å². The van der Waals surface area contributed by atoms with Crippen LogP contribution in [-0.4, -0.2) is 17.3 Å². The van der Waals surface area contributed by atoms with Crippen molar-refractivity contribution in [1.82, 2.24) is 0 Å². The van der Waals surface area contributed by atoms with Crippen molar-refractivity contribution in [3.8, 4) is 0 Å². The zero-order valence-corrected chi connectivity index (χ0v) is 6.79. The molecule has 2 aliphatic rings. The highest BCUT2D eigenvalue weighted by atomic mass is 16.4. The van der Waals surface area contributed by atoms with Gasteiger partial charge in [0.25, 0.3) is 0 Å². The highest BCUT2D eigenvalue weighted by Gasteiger charge is 2.26. The largest absolute Gasteiger partial charge is 0.481 e. The average Bonchev–Trinajstić information content (AvgIpc) is 2.49. The average molecular weight is 165 g/mol. The second kappa shape index (κ2) is 2.73. The van der Waals surface area contributed by atoms with Crippen LogP contribution in [0.2, 0.25) is 0 Å². The minimum Gasteiger partial charge on any atom is -0.481 e. The van der Waals surface area contributed by atoms with E-state index in [0.29, 0.717) is 6.42 Å². The summed E-state index contributed by atoms with van der Waals surface area (Å²) < 4.78 is 0. The Hall–Kier alpha value is -1.12. The Labute approximate surface area is 70.8 Å². The first-order chi connectivity index (χ1) is 5.77. The maximum absolute atomic E-state index is 10.7. The molecule has 0 aromatic carbocycles. The number of carboxylic acid groups (broad SMARTS) is 1. The van der Waals surface area contributed by atoms with E-state index in [0.717, 1.165) is 25.0 Å². The molecule has 1 aliphatic carbocycles. The third kappa shape index (κ3) is 1.15. The summed E-state index contributed by atoms with van der Waals surface area (Å²) in [5.41, 5.74) is 2.39. The van der Waals surface area contributed by atoms with Crippen molar-refractivity contribution >= 4 is 12.2 Å². The third-order valence-corrected chi connectivity index (χ3v) is 2.56. The molecule has 12 heavy (non-hydrogen) atoms. The van der Waals surface area contributed by atoms with Gasteiger partial charge >= 0.3 is 5.97 Å². The summed E-state index contributed by atoms with van der Waals surface area (Å²) in [6.45, 7) is 0. The molecular formula is C9H11NO2. The topological polar surface area (TPSA) is 49.7 Å². The Bertz CT molecular complexity index is 278. The van der Waals surface area contributed by atoms with Gasteiger partial charge in [-0.1, -0.05) is 0 Å². The fraction of sp³-hybridized carbons (Fsp3) is 0.556. The normalized spacial score (nSPS) is 27.5. The summed E-state index contributed by atoms with van der Waals surface area (Å²) in [7, 11) is 0. The molecule has 0 amide bonds. The van der Waals surface area contributed by atoms with Crippen LogP contribution in [0.5, 0.6) is 0 Å². The standard InChI is InChI=1S/C9H11NO2/c11-9(12)7-1-2-8-6(5-7)3-4-10-8/h4,7H,1-3,5H2,(H,11,12). The number of rotatable bonds is 1. The zero-order chi connectivity index (χ0) is 8.55. The van der Waals surface area contributed by atoms with E-state index in [9.17, 15) is 4.79 Å². The van der Waals surface area contributed by atoms with E-state index in [1.54, 1.807) is 0 Å². The van der Waals surface area contributed by atoms with Gasteiger partial charge in [0.15, 0.2) is 0 Å². The van der Waals surface area contributed by atoms with Gasteiger partial charge in [0.2, 0.25) is 0 Å². The predicted molar refractivity (Wildman–Crippen MR) is 45.1 cm³/mol. The van der Waals surface area contributed by atoms with Crippen molar-refractivity contribution in [2.24, 2.45) is 10.9 Å². The van der Waals surface area contributed by atoms with E-state index in [1.807, 2.05) is 6.21 Å². The molecule has 64 valence electrons. The first kappa shape index (κ1) is 7.53. The Morgan fingerprint density at radius 1 is 1.67 bits per heavy atom. The lowest BCUT2D eigenvalue weighted by Crippen LogP contribution is -2.17. The molecule has 1 heterocycles. The Kier molecular flexibility index (Phi) is 1.71. The molecule has 1 N–H and O–H groups in total. The van der Waals surface area contributed by atoms with Crippen LogP contribution in [0.15, 0.2) is 16.3 Å². The van der Waals surface area contributed by atoms with Crippen molar-refractivity contribution in [2.45, 2.75) is 25.7 Å². The van der Waals surface area contributed by atoms with Crippen molar-refractivity contribution in [3.63, 3.8) is 0 Å². The summed E-state index contributed by atoms with van der Waals surface area (Å²) in [5.74, 6) is -0.820. The molecule has 1 unspecified atom stereocenters. The number of nitrogens with zero attached hydrogens (tertiary/aromatic N) is 1. The van der Waals surface area contributed by atoms with Gasteiger partial charge in [-0.25, -0.2) is 0 Å². The number of aliphatic imine (C=N–C) groups is 1. The molecule has 0 aromatic rings. The highest BCUT2D eigenvalue weighted by Crippen LogP contribution is 2.34. The number of hydrogen-bond donors (Lipinski definition) is 1. The minimum atomic E-state index is -0.659. The van der Waals surface area contributed by atoms with Gasteiger partial charge in [0.05, 0.1) is 5.92 Å². The lowest BCUT2D eigenvalue weighted by molar-refractivity contribution is -0.142. The molecule has 3 heteroatoms. The van der Waals surface area contributed by atoms with Gasteiger partial charge in [0, 0.05) is 18.3 Å². The first-order valence-electron chi connectivity index (χ1n) is 4.23. The second-order valence-corrected chi connectivity index (χ2v) is 3.34. The summed E-state index contributed by atoms with van der Waals surface area (Å²) in [4.78, 5) is 14.9. The van der Waals surface area contributed by atoms with E-state index in [2.05, 4.69) is 4.99 Å². The van der Waals surface area contributed by atoms with Gasteiger partial charge < -0.3 is 5.11 Å². The lowest BCUT2D eigenvalue weighted by atomic mass is 9.87. The predicted octanol–water partition coefficient (Wildman–Crippen LogP) is 1.60. The summed E-state index contributed by atoms with van der Waals surface area (Å²) in [6.07, 6.45) is 5.08. The minimum absolute atomic E-state index is 0.162. The van der Waals surface area contributed by atoms with E-state index in [4.69, 9.17) is 5.11 Å². The Balaban J connectivity index is 2.11. The van der Waals surface area contributed by atoms with E-state index in [-0.39, 0.29) is 5.92 Å². The number of allylic oxidation sites excluding steroid dienone is 2. The monoisotopic (exact) mass is 165 g/mol. The maximum Gasteiger partial charge on any atom is 0.306 e. The Morgan fingerprint density at radius 3 is 3.25 bits per heavy atom. The number of hydrogen-bond acceptors (Lipinski definition) is 2. The third-order valence-electron chi connectivity index (χ3n) is 2.56. The second-order valence-electron chi connectivity index (χ2n) is 3.34. The van der Waals surface area contributed by atoms with E-state index < -0.39 is 5.97 Å². The van der Waals surface area contributed by atoms with Crippen LogP contribution in [0.3, 0.4) is 0 Å². The Morgan fingerprint density at radius 2 is 2.50 bits per heavy atom. The molecule has 0 bridgehead atoms. The number of aliphatic carboxylic acids is 1. The van der Waals surface area contributed by atoms with Crippen LogP contribution in [0.1, 0.15) is 25.7 Å². The van der Waals surface area contributed by atoms with Gasteiger partial charge in [-0.2, -0.15) is 0 Å². The molecule has 0 saturated carbocycles. The molecule has 0 radical (unpaired) electrons. The number of carbonyl (C=O) groups is 1. The van der Waals surface area contributed by atoms with Crippen LogP contribution in [0.4, 0.5) is 0 Å². The zero-order valence-electron chi connectivity index (χ0n) is 6.79. The summed E-state index contributed by atoms with van der Waals surface area (Å²) in [6, 6.07) is 0. The molecule has 0 fully saturated rings. The molecule has 1 aliphatic heterocycles. The highest BCUT2D eigenvalue weighted by molar-refractivity contribution is 5.73. The number of carboxylic acids is 1. The van der Waals surface area contributed by atoms with Crippen molar-refractivity contribution in [2.75, 3.05) is 0 Å². The smallest absolute Gasteiger partial charge is 0.306 e. The SMILES string of the molecule is O=C(O)C1CCC2=C(CC=N2)C1. The summed E-state index contributed by atoms with van der Waals surface area (Å²) in [5, 5.41) is 8.79. The fourth-order valence-electron chi connectivity index (χ4n) is 1.84. The molecule has 3 nitrogen and oxygen atoms in total. The molecular weight excluding hydrogens is 154 g/mol. The molecule has 0 spiro atoms. The van der Waals surface area contributed by atoms with Gasteiger partial charge in [-0.05, 0) is 24.8 Å². The van der Waals surface area contributed by atoms with Crippen LogP contribution < -0.4 is 0 Å². The van der Waals surface area contributed by atoms with E-state index in [1.165, 1.54) is 5.57 Å². The van der Waals surface area contributed by atoms with Crippen LogP contribution >= 0.6 is 0 Å². The maximum atomic E-state index is 10.7. The molecule has 1 atom stereocenters. The van der Waals surface area contributed by atoms with Crippen LogP contribution in [-0.2, 0) is 4.79 Å².